The summed E-state index contributed by atoms with van der Waals surface area (Å²) in [7, 11) is 3.28. The van der Waals surface area contributed by atoms with Gasteiger partial charge < -0.3 is 19.9 Å². The van der Waals surface area contributed by atoms with Gasteiger partial charge in [-0.05, 0) is 23.1 Å². The summed E-state index contributed by atoms with van der Waals surface area (Å²) in [5.74, 6) is 0. The lowest BCUT2D eigenvalue weighted by Crippen LogP contribution is -2.52. The molecule has 0 unspecified atom stereocenters. The number of benzene rings is 3. The predicted octanol–water partition coefficient (Wildman–Crippen LogP) is 4.49. The fourth-order valence-electron chi connectivity index (χ4n) is 3.83. The number of nitrogens with one attached hydrogen (secondary N) is 1. The molecule has 0 amide bonds. The van der Waals surface area contributed by atoms with Gasteiger partial charge in [0.2, 0.25) is 0 Å². The van der Waals surface area contributed by atoms with Gasteiger partial charge in [0.15, 0.2) is 6.29 Å². The molecule has 0 aliphatic carbocycles. The minimum Gasteiger partial charge on any atom is -0.391 e. The van der Waals surface area contributed by atoms with Crippen LogP contribution in [-0.4, -0.2) is 43.8 Å². The molecule has 0 radical (unpaired) electrons. The zero-order chi connectivity index (χ0) is 22.6. The average molecular weight is 432 g/mol. The number of aliphatic hydroxyl groups excluding tert-OH is 1. The lowest BCUT2D eigenvalue weighted by atomic mass is 9.98. The van der Waals surface area contributed by atoms with Crippen LogP contribution in [0.25, 0.3) is 6.08 Å². The normalized spacial score (nSPS) is 14.5. The first-order chi connectivity index (χ1) is 15.7. The number of hydrogen-bond acceptors (Lipinski definition) is 4. The summed E-state index contributed by atoms with van der Waals surface area (Å²) >= 11 is 0. The highest BCUT2D eigenvalue weighted by molar-refractivity contribution is 5.49. The lowest BCUT2D eigenvalue weighted by Gasteiger charge is -2.31. The highest BCUT2D eigenvalue weighted by atomic mass is 16.7. The SMILES string of the molecule is COC(OC)[C@H](Cc1ccccc1)N[C@@H](/C=C/c1ccccc1)[C@@H](O)Cc1ccccc1. The molecular weight excluding hydrogens is 398 g/mol. The summed E-state index contributed by atoms with van der Waals surface area (Å²) in [5.41, 5.74) is 3.35. The van der Waals surface area contributed by atoms with E-state index in [1.54, 1.807) is 14.2 Å². The Balaban J connectivity index is 1.83. The van der Waals surface area contributed by atoms with Crippen LogP contribution in [0.2, 0.25) is 0 Å². The third kappa shape index (κ3) is 7.43. The highest BCUT2D eigenvalue weighted by Crippen LogP contribution is 2.15. The molecule has 32 heavy (non-hydrogen) atoms. The molecule has 0 fully saturated rings. The standard InChI is InChI=1S/C28H33NO3/c1-31-28(32-2)26(20-23-14-8-4-9-15-23)29-25(19-18-22-12-6-3-7-13-22)27(30)21-24-16-10-5-11-17-24/h3-19,25-30H,20-21H2,1-2H3/b19-18+/t25-,26-,27-/m0/s1. The monoisotopic (exact) mass is 431 g/mol. The van der Waals surface area contributed by atoms with E-state index in [-0.39, 0.29) is 12.1 Å². The summed E-state index contributed by atoms with van der Waals surface area (Å²) < 4.78 is 11.2. The Labute approximate surface area is 191 Å². The summed E-state index contributed by atoms with van der Waals surface area (Å²) in [6.45, 7) is 0. The third-order valence-corrected chi connectivity index (χ3v) is 5.50. The maximum atomic E-state index is 11.2. The summed E-state index contributed by atoms with van der Waals surface area (Å²) in [6.07, 6.45) is 4.25. The third-order valence-electron chi connectivity index (χ3n) is 5.50. The van der Waals surface area contributed by atoms with E-state index in [2.05, 4.69) is 17.4 Å². The van der Waals surface area contributed by atoms with Gasteiger partial charge in [-0.3, -0.25) is 0 Å². The molecule has 168 valence electrons. The molecule has 2 N–H and O–H groups in total. The molecular formula is C28H33NO3. The van der Waals surface area contributed by atoms with Crippen LogP contribution in [-0.2, 0) is 22.3 Å². The molecule has 0 saturated carbocycles. The molecule has 3 aromatic rings. The highest BCUT2D eigenvalue weighted by Gasteiger charge is 2.27. The van der Waals surface area contributed by atoms with Crippen molar-refractivity contribution in [3.63, 3.8) is 0 Å². The molecule has 0 saturated heterocycles. The molecule has 0 aromatic heterocycles. The van der Waals surface area contributed by atoms with Crippen molar-refractivity contribution in [2.45, 2.75) is 37.3 Å². The number of methoxy groups -OCH3 is 2. The zero-order valence-electron chi connectivity index (χ0n) is 18.8. The van der Waals surface area contributed by atoms with Crippen molar-refractivity contribution in [3.8, 4) is 0 Å². The quantitative estimate of drug-likeness (QED) is 0.415. The van der Waals surface area contributed by atoms with Crippen molar-refractivity contribution in [2.75, 3.05) is 14.2 Å². The molecule has 3 rings (SSSR count). The van der Waals surface area contributed by atoms with Gasteiger partial charge in [-0.15, -0.1) is 0 Å². The van der Waals surface area contributed by atoms with Crippen LogP contribution in [0.4, 0.5) is 0 Å². The molecule has 4 nitrogen and oxygen atoms in total. The first-order valence-corrected chi connectivity index (χ1v) is 11.0. The molecule has 0 aliphatic rings. The van der Waals surface area contributed by atoms with Crippen LogP contribution in [0.15, 0.2) is 97.1 Å². The van der Waals surface area contributed by atoms with Gasteiger partial charge in [-0.2, -0.15) is 0 Å². The number of hydrogen-bond donors (Lipinski definition) is 2. The fraction of sp³-hybridized carbons (Fsp3) is 0.286. The van der Waals surface area contributed by atoms with Crippen molar-refractivity contribution in [2.24, 2.45) is 0 Å². The second kappa shape index (κ2) is 12.9. The van der Waals surface area contributed by atoms with Gasteiger partial charge in [0.1, 0.15) is 0 Å². The first-order valence-electron chi connectivity index (χ1n) is 11.0. The number of ether oxygens (including phenoxy) is 2. The Hall–Kier alpha value is -2.76. The second-order valence-electron chi connectivity index (χ2n) is 7.86. The van der Waals surface area contributed by atoms with Crippen molar-refractivity contribution in [1.82, 2.24) is 5.32 Å². The van der Waals surface area contributed by atoms with E-state index in [4.69, 9.17) is 9.47 Å². The number of rotatable bonds is 12. The van der Waals surface area contributed by atoms with Gasteiger partial charge in [0.05, 0.1) is 18.2 Å². The van der Waals surface area contributed by atoms with Crippen LogP contribution < -0.4 is 5.32 Å². The Kier molecular flexibility index (Phi) is 9.66. The Bertz CT molecular complexity index is 911. The van der Waals surface area contributed by atoms with Gasteiger partial charge in [0, 0.05) is 20.6 Å². The van der Waals surface area contributed by atoms with Gasteiger partial charge in [-0.25, -0.2) is 0 Å². The maximum absolute atomic E-state index is 11.2. The molecule has 0 heterocycles. The molecule has 3 atom stereocenters. The van der Waals surface area contributed by atoms with E-state index >= 15 is 0 Å². The van der Waals surface area contributed by atoms with Crippen LogP contribution in [0, 0.1) is 0 Å². The van der Waals surface area contributed by atoms with E-state index in [1.807, 2.05) is 91.0 Å². The number of aliphatic hydroxyl groups is 1. The van der Waals surface area contributed by atoms with E-state index in [0.29, 0.717) is 12.8 Å². The van der Waals surface area contributed by atoms with Crippen molar-refractivity contribution in [3.05, 3.63) is 114 Å². The van der Waals surface area contributed by atoms with Crippen LogP contribution in [0.5, 0.6) is 0 Å². The van der Waals surface area contributed by atoms with Gasteiger partial charge in [-0.1, -0.05) is 103 Å². The minimum absolute atomic E-state index is 0.150. The molecule has 0 aliphatic heterocycles. The van der Waals surface area contributed by atoms with Crippen LogP contribution >= 0.6 is 0 Å². The van der Waals surface area contributed by atoms with Gasteiger partial charge >= 0.3 is 0 Å². The van der Waals surface area contributed by atoms with E-state index in [0.717, 1.165) is 11.1 Å². The second-order valence-corrected chi connectivity index (χ2v) is 7.86. The summed E-state index contributed by atoms with van der Waals surface area (Å²) in [4.78, 5) is 0. The summed E-state index contributed by atoms with van der Waals surface area (Å²) in [5, 5.41) is 14.8. The lowest BCUT2D eigenvalue weighted by molar-refractivity contribution is -0.125. The van der Waals surface area contributed by atoms with Gasteiger partial charge in [0.25, 0.3) is 0 Å². The Morgan fingerprint density at radius 3 is 1.78 bits per heavy atom. The Morgan fingerprint density at radius 1 is 0.750 bits per heavy atom. The topological polar surface area (TPSA) is 50.7 Å². The maximum Gasteiger partial charge on any atom is 0.172 e. The average Bonchev–Trinajstić information content (AvgIpc) is 2.84. The molecule has 0 spiro atoms. The largest absolute Gasteiger partial charge is 0.391 e. The minimum atomic E-state index is -0.620. The molecule has 0 bridgehead atoms. The van der Waals surface area contributed by atoms with E-state index < -0.39 is 12.4 Å². The summed E-state index contributed by atoms with van der Waals surface area (Å²) in [6, 6.07) is 29.9. The Morgan fingerprint density at radius 2 is 1.25 bits per heavy atom. The van der Waals surface area contributed by atoms with E-state index in [1.165, 1.54) is 5.56 Å². The fourth-order valence-corrected chi connectivity index (χ4v) is 3.83. The van der Waals surface area contributed by atoms with Crippen molar-refractivity contribution < 1.29 is 14.6 Å². The predicted molar refractivity (Wildman–Crippen MR) is 130 cm³/mol. The van der Waals surface area contributed by atoms with Crippen molar-refractivity contribution in [1.29, 1.82) is 0 Å². The smallest absolute Gasteiger partial charge is 0.172 e. The van der Waals surface area contributed by atoms with Crippen molar-refractivity contribution >= 4 is 6.08 Å². The van der Waals surface area contributed by atoms with E-state index in [9.17, 15) is 5.11 Å². The molecule has 3 aromatic carbocycles. The zero-order valence-corrected chi connectivity index (χ0v) is 18.8. The molecule has 4 heteroatoms. The van der Waals surface area contributed by atoms with Crippen LogP contribution in [0.1, 0.15) is 16.7 Å². The van der Waals surface area contributed by atoms with Crippen LogP contribution in [0.3, 0.4) is 0 Å². The first kappa shape index (κ1) is 23.9.